The van der Waals surface area contributed by atoms with Gasteiger partial charge < -0.3 is 10.4 Å². The number of aryl methyl sites for hydroxylation is 1. The van der Waals surface area contributed by atoms with Crippen molar-refractivity contribution in [3.05, 3.63) is 23.8 Å². The molecule has 0 spiro atoms. The summed E-state index contributed by atoms with van der Waals surface area (Å²) in [5.74, 6) is -1.79. The number of hydrogen-bond acceptors (Lipinski definition) is 4. The number of rotatable bonds is 4. The number of carboxylic acid groups (broad SMARTS) is 1. The number of carbonyl (C=O) groups excluding carboxylic acids is 1. The Hall–Kier alpha value is -1.98. The van der Waals surface area contributed by atoms with Crippen LogP contribution < -0.4 is 5.32 Å². The van der Waals surface area contributed by atoms with E-state index < -0.39 is 17.9 Å². The fraction of sp³-hybridized carbons (Fsp3) is 0.455. The van der Waals surface area contributed by atoms with Gasteiger partial charge in [0.15, 0.2) is 0 Å². The topological polar surface area (TPSA) is 92.2 Å². The van der Waals surface area contributed by atoms with Crippen molar-refractivity contribution >= 4 is 11.9 Å². The van der Waals surface area contributed by atoms with Crippen molar-refractivity contribution < 1.29 is 14.7 Å². The molecule has 1 rings (SSSR count). The summed E-state index contributed by atoms with van der Waals surface area (Å²) in [6, 6.07) is -0.925. The first kappa shape index (κ1) is 13.1. The summed E-state index contributed by atoms with van der Waals surface area (Å²) in [6.45, 7) is 5.20. The summed E-state index contributed by atoms with van der Waals surface area (Å²) in [5.41, 5.74) is 0.808. The maximum atomic E-state index is 11.7. The highest BCUT2D eigenvalue weighted by Gasteiger charge is 2.24. The van der Waals surface area contributed by atoms with E-state index in [1.165, 1.54) is 12.4 Å². The van der Waals surface area contributed by atoms with E-state index in [0.717, 1.165) is 0 Å². The Morgan fingerprint density at radius 2 is 1.94 bits per heavy atom. The normalized spacial score (nSPS) is 12.2. The predicted octanol–water partition coefficient (Wildman–Crippen LogP) is 0.624. The SMILES string of the molecule is Cc1cnc(C(=O)N[C@@H](C(=O)O)C(C)C)cn1. The highest BCUT2D eigenvalue weighted by atomic mass is 16.4. The summed E-state index contributed by atoms with van der Waals surface area (Å²) in [7, 11) is 0. The molecule has 0 aliphatic heterocycles. The second-order valence-corrected chi connectivity index (χ2v) is 4.08. The van der Waals surface area contributed by atoms with Crippen LogP contribution in [0.25, 0.3) is 0 Å². The van der Waals surface area contributed by atoms with Gasteiger partial charge in [0.1, 0.15) is 11.7 Å². The first-order chi connectivity index (χ1) is 7.91. The molecule has 0 saturated heterocycles. The van der Waals surface area contributed by atoms with Crippen LogP contribution in [0.5, 0.6) is 0 Å². The molecule has 0 aliphatic carbocycles. The first-order valence-corrected chi connectivity index (χ1v) is 5.24. The molecule has 6 nitrogen and oxygen atoms in total. The second kappa shape index (κ2) is 5.38. The van der Waals surface area contributed by atoms with Crippen LogP contribution in [-0.2, 0) is 4.79 Å². The number of hydrogen-bond donors (Lipinski definition) is 2. The van der Waals surface area contributed by atoms with Gasteiger partial charge in [-0.05, 0) is 12.8 Å². The van der Waals surface area contributed by atoms with Crippen molar-refractivity contribution in [1.29, 1.82) is 0 Å². The molecule has 17 heavy (non-hydrogen) atoms. The molecule has 1 amide bonds. The summed E-state index contributed by atoms with van der Waals surface area (Å²) in [6.07, 6.45) is 2.78. The van der Waals surface area contributed by atoms with Crippen molar-refractivity contribution in [1.82, 2.24) is 15.3 Å². The van der Waals surface area contributed by atoms with Gasteiger partial charge in [-0.25, -0.2) is 9.78 Å². The predicted molar refractivity (Wildman–Crippen MR) is 60.5 cm³/mol. The van der Waals surface area contributed by atoms with Crippen LogP contribution in [0, 0.1) is 12.8 Å². The number of nitrogens with zero attached hydrogens (tertiary/aromatic N) is 2. The van der Waals surface area contributed by atoms with Crippen LogP contribution in [-0.4, -0.2) is 33.0 Å². The van der Waals surface area contributed by atoms with Crippen molar-refractivity contribution in [2.24, 2.45) is 5.92 Å². The van der Waals surface area contributed by atoms with Gasteiger partial charge in [-0.2, -0.15) is 0 Å². The lowest BCUT2D eigenvalue weighted by molar-refractivity contribution is -0.140. The lowest BCUT2D eigenvalue weighted by atomic mass is 10.0. The second-order valence-electron chi connectivity index (χ2n) is 4.08. The fourth-order valence-electron chi connectivity index (χ4n) is 1.24. The monoisotopic (exact) mass is 237 g/mol. The smallest absolute Gasteiger partial charge is 0.326 e. The molecule has 6 heteroatoms. The lowest BCUT2D eigenvalue weighted by Crippen LogP contribution is -2.44. The van der Waals surface area contributed by atoms with Crippen molar-refractivity contribution in [3.8, 4) is 0 Å². The molecular weight excluding hydrogens is 222 g/mol. The molecule has 0 unspecified atom stereocenters. The Balaban J connectivity index is 2.77. The lowest BCUT2D eigenvalue weighted by Gasteiger charge is -2.17. The quantitative estimate of drug-likeness (QED) is 0.801. The zero-order valence-electron chi connectivity index (χ0n) is 9.97. The van der Waals surface area contributed by atoms with Gasteiger partial charge in [0.05, 0.1) is 11.9 Å². The molecule has 0 bridgehead atoms. The maximum absolute atomic E-state index is 11.7. The summed E-state index contributed by atoms with van der Waals surface area (Å²) in [5, 5.41) is 11.3. The van der Waals surface area contributed by atoms with Crippen LogP contribution in [0.15, 0.2) is 12.4 Å². The molecule has 1 aromatic rings. The number of carbonyl (C=O) groups is 2. The van der Waals surface area contributed by atoms with E-state index in [0.29, 0.717) is 5.69 Å². The number of amides is 1. The molecule has 0 fully saturated rings. The van der Waals surface area contributed by atoms with E-state index in [-0.39, 0.29) is 11.6 Å². The standard InChI is InChI=1S/C11H15N3O3/c1-6(2)9(11(16)17)14-10(15)8-5-12-7(3)4-13-8/h4-6,9H,1-3H3,(H,14,15)(H,16,17)/t9-/m1/s1. The average Bonchev–Trinajstić information content (AvgIpc) is 2.25. The van der Waals surface area contributed by atoms with Crippen molar-refractivity contribution in [3.63, 3.8) is 0 Å². The van der Waals surface area contributed by atoms with Crippen LogP contribution >= 0.6 is 0 Å². The average molecular weight is 237 g/mol. The van der Waals surface area contributed by atoms with Gasteiger partial charge in [0, 0.05) is 6.20 Å². The Kier molecular flexibility index (Phi) is 4.14. The highest BCUT2D eigenvalue weighted by molar-refractivity contribution is 5.94. The van der Waals surface area contributed by atoms with Crippen molar-refractivity contribution in [2.75, 3.05) is 0 Å². The minimum Gasteiger partial charge on any atom is -0.480 e. The van der Waals surface area contributed by atoms with Crippen LogP contribution in [0.4, 0.5) is 0 Å². The first-order valence-electron chi connectivity index (χ1n) is 5.24. The van der Waals surface area contributed by atoms with Gasteiger partial charge >= 0.3 is 5.97 Å². The Morgan fingerprint density at radius 1 is 1.29 bits per heavy atom. The number of aliphatic carboxylic acids is 1. The van der Waals surface area contributed by atoms with E-state index in [1.807, 2.05) is 0 Å². The molecule has 0 aliphatic rings. The molecule has 1 atom stereocenters. The van der Waals surface area contributed by atoms with Crippen LogP contribution in [0.2, 0.25) is 0 Å². The Morgan fingerprint density at radius 3 is 2.35 bits per heavy atom. The fourth-order valence-corrected chi connectivity index (χ4v) is 1.24. The zero-order chi connectivity index (χ0) is 13.0. The molecule has 2 N–H and O–H groups in total. The zero-order valence-corrected chi connectivity index (χ0v) is 9.97. The van der Waals surface area contributed by atoms with Gasteiger partial charge in [-0.3, -0.25) is 9.78 Å². The summed E-state index contributed by atoms with van der Waals surface area (Å²) in [4.78, 5) is 30.4. The minimum absolute atomic E-state index is 0.113. The largest absolute Gasteiger partial charge is 0.480 e. The molecule has 0 saturated carbocycles. The number of carboxylic acids is 1. The molecule has 1 aromatic heterocycles. The van der Waals surface area contributed by atoms with E-state index in [4.69, 9.17) is 5.11 Å². The third-order valence-corrected chi connectivity index (χ3v) is 2.23. The van der Waals surface area contributed by atoms with Gasteiger partial charge in [-0.1, -0.05) is 13.8 Å². The Bertz CT molecular complexity index is 414. The number of aromatic nitrogens is 2. The van der Waals surface area contributed by atoms with Gasteiger partial charge in [0.25, 0.3) is 5.91 Å². The van der Waals surface area contributed by atoms with E-state index in [9.17, 15) is 9.59 Å². The minimum atomic E-state index is -1.06. The van der Waals surface area contributed by atoms with Gasteiger partial charge in [-0.15, -0.1) is 0 Å². The van der Waals surface area contributed by atoms with Crippen molar-refractivity contribution in [2.45, 2.75) is 26.8 Å². The highest BCUT2D eigenvalue weighted by Crippen LogP contribution is 2.03. The summed E-state index contributed by atoms with van der Waals surface area (Å²) >= 11 is 0. The van der Waals surface area contributed by atoms with E-state index in [1.54, 1.807) is 20.8 Å². The molecule has 92 valence electrons. The summed E-state index contributed by atoms with van der Waals surface area (Å²) < 4.78 is 0. The molecular formula is C11H15N3O3. The molecule has 0 aromatic carbocycles. The third kappa shape index (κ3) is 3.51. The number of nitrogens with one attached hydrogen (secondary N) is 1. The maximum Gasteiger partial charge on any atom is 0.326 e. The third-order valence-electron chi connectivity index (χ3n) is 2.23. The molecule has 1 heterocycles. The van der Waals surface area contributed by atoms with Crippen LogP contribution in [0.1, 0.15) is 30.0 Å². The molecule has 0 radical (unpaired) electrons. The Labute approximate surface area is 99.1 Å². The van der Waals surface area contributed by atoms with Gasteiger partial charge in [0.2, 0.25) is 0 Å². The van der Waals surface area contributed by atoms with Crippen LogP contribution in [0.3, 0.4) is 0 Å². The van der Waals surface area contributed by atoms with E-state index >= 15 is 0 Å². The van der Waals surface area contributed by atoms with E-state index in [2.05, 4.69) is 15.3 Å².